The third-order valence-corrected chi connectivity index (χ3v) is 3.06. The summed E-state index contributed by atoms with van der Waals surface area (Å²) in [7, 11) is 1.67. The maximum atomic E-state index is 11.8. The number of benzene rings is 1. The maximum Gasteiger partial charge on any atom is 0.220 e. The van der Waals surface area contributed by atoms with Crippen LogP contribution in [-0.4, -0.2) is 25.6 Å². The zero-order chi connectivity index (χ0) is 14.3. The number of carbonyl (C=O) groups excluding carboxylic acids is 1. The predicted octanol–water partition coefficient (Wildman–Crippen LogP) is 2.15. The fourth-order valence-corrected chi connectivity index (χ4v) is 2.03. The monoisotopic (exact) mass is 300 g/mol. The minimum absolute atomic E-state index is 0. The third-order valence-electron chi connectivity index (χ3n) is 3.06. The van der Waals surface area contributed by atoms with Crippen LogP contribution >= 0.6 is 12.4 Å². The van der Waals surface area contributed by atoms with Crippen molar-refractivity contribution in [1.82, 2.24) is 5.32 Å². The summed E-state index contributed by atoms with van der Waals surface area (Å²) in [4.78, 5) is 11.8. The zero-order valence-electron chi connectivity index (χ0n) is 12.4. The van der Waals surface area contributed by atoms with Crippen LogP contribution in [0.4, 0.5) is 0 Å². The smallest absolute Gasteiger partial charge is 0.220 e. The molecule has 1 aromatic carbocycles. The molecule has 1 rings (SSSR count). The second-order valence-corrected chi connectivity index (χ2v) is 5.03. The number of hydrogen-bond donors (Lipinski definition) is 2. The average Bonchev–Trinajstić information content (AvgIpc) is 2.38. The Kier molecular flexibility index (Phi) is 9.01. The molecule has 1 unspecified atom stereocenters. The number of methoxy groups -OCH3 is 1. The van der Waals surface area contributed by atoms with Crippen LogP contribution in [0.3, 0.4) is 0 Å². The number of halogens is 1. The normalized spacial score (nSPS) is 13.0. The van der Waals surface area contributed by atoms with Crippen LogP contribution in [0.2, 0.25) is 0 Å². The van der Waals surface area contributed by atoms with E-state index in [0.717, 1.165) is 17.7 Å². The van der Waals surface area contributed by atoms with Gasteiger partial charge in [0.1, 0.15) is 5.75 Å². The zero-order valence-corrected chi connectivity index (χ0v) is 13.2. The van der Waals surface area contributed by atoms with Crippen LogP contribution in [0.1, 0.15) is 25.8 Å². The molecule has 0 fully saturated rings. The highest BCUT2D eigenvalue weighted by molar-refractivity contribution is 5.85. The van der Waals surface area contributed by atoms with E-state index in [1.165, 1.54) is 0 Å². The van der Waals surface area contributed by atoms with Gasteiger partial charge in [0, 0.05) is 19.0 Å². The van der Waals surface area contributed by atoms with Crippen LogP contribution in [0.25, 0.3) is 0 Å². The highest BCUT2D eigenvalue weighted by atomic mass is 35.5. The largest absolute Gasteiger partial charge is 0.496 e. The van der Waals surface area contributed by atoms with E-state index in [-0.39, 0.29) is 30.3 Å². The van der Waals surface area contributed by atoms with Gasteiger partial charge < -0.3 is 15.8 Å². The van der Waals surface area contributed by atoms with Gasteiger partial charge in [0.05, 0.1) is 7.11 Å². The van der Waals surface area contributed by atoms with Gasteiger partial charge in [0.25, 0.3) is 0 Å². The van der Waals surface area contributed by atoms with E-state index in [1.54, 1.807) is 7.11 Å². The topological polar surface area (TPSA) is 64.3 Å². The van der Waals surface area contributed by atoms with Crippen molar-refractivity contribution in [3.8, 4) is 5.75 Å². The first-order valence-corrected chi connectivity index (χ1v) is 6.68. The molecule has 1 amide bonds. The van der Waals surface area contributed by atoms with Gasteiger partial charge in [0.2, 0.25) is 5.91 Å². The Bertz CT molecular complexity index is 413. The van der Waals surface area contributed by atoms with E-state index in [1.807, 2.05) is 31.2 Å². The van der Waals surface area contributed by atoms with Crippen molar-refractivity contribution >= 4 is 18.3 Å². The lowest BCUT2D eigenvalue weighted by Gasteiger charge is -2.16. The van der Waals surface area contributed by atoms with Crippen molar-refractivity contribution < 1.29 is 9.53 Å². The number of amides is 1. The summed E-state index contributed by atoms with van der Waals surface area (Å²) in [6.45, 7) is 4.44. The van der Waals surface area contributed by atoms with Crippen LogP contribution in [-0.2, 0) is 11.2 Å². The Morgan fingerprint density at radius 3 is 2.60 bits per heavy atom. The standard InChI is InChI=1S/C15H24N2O2.ClH/c1-11(9-15(18)17-12(2)10-16)8-13-6-4-5-7-14(13)19-3;/h4-7,11-12H,8-10,16H2,1-3H3,(H,17,18);1H/t11?,12-;/m0./s1. The molecular formula is C15H25ClN2O2. The van der Waals surface area contributed by atoms with E-state index < -0.39 is 0 Å². The van der Waals surface area contributed by atoms with Crippen LogP contribution in [0, 0.1) is 5.92 Å². The van der Waals surface area contributed by atoms with Gasteiger partial charge in [-0.15, -0.1) is 12.4 Å². The Labute approximate surface area is 127 Å². The average molecular weight is 301 g/mol. The molecule has 3 N–H and O–H groups in total. The van der Waals surface area contributed by atoms with Crippen molar-refractivity contribution in [2.45, 2.75) is 32.7 Å². The SMILES string of the molecule is COc1ccccc1CC(C)CC(=O)N[C@@H](C)CN.Cl. The number of nitrogens with one attached hydrogen (secondary N) is 1. The number of hydrogen-bond acceptors (Lipinski definition) is 3. The fourth-order valence-electron chi connectivity index (χ4n) is 2.03. The van der Waals surface area contributed by atoms with E-state index in [4.69, 9.17) is 10.5 Å². The number of ether oxygens (including phenoxy) is 1. The molecule has 20 heavy (non-hydrogen) atoms. The predicted molar refractivity (Wildman–Crippen MR) is 84.4 cm³/mol. The molecule has 0 aliphatic rings. The molecule has 0 aromatic heterocycles. The Morgan fingerprint density at radius 1 is 1.35 bits per heavy atom. The van der Waals surface area contributed by atoms with Gasteiger partial charge in [-0.25, -0.2) is 0 Å². The van der Waals surface area contributed by atoms with Crippen molar-refractivity contribution in [2.75, 3.05) is 13.7 Å². The van der Waals surface area contributed by atoms with Crippen molar-refractivity contribution in [3.63, 3.8) is 0 Å². The minimum atomic E-state index is 0. The lowest BCUT2D eigenvalue weighted by molar-refractivity contribution is -0.122. The van der Waals surface area contributed by atoms with Gasteiger partial charge in [-0.05, 0) is 30.9 Å². The molecule has 0 radical (unpaired) electrons. The van der Waals surface area contributed by atoms with Crippen molar-refractivity contribution in [2.24, 2.45) is 11.7 Å². The van der Waals surface area contributed by atoms with Crippen molar-refractivity contribution in [3.05, 3.63) is 29.8 Å². The second kappa shape index (κ2) is 9.61. The molecule has 2 atom stereocenters. The molecule has 0 bridgehead atoms. The molecule has 0 saturated carbocycles. The lowest BCUT2D eigenvalue weighted by Crippen LogP contribution is -2.38. The maximum absolute atomic E-state index is 11.8. The van der Waals surface area contributed by atoms with E-state index in [9.17, 15) is 4.79 Å². The summed E-state index contributed by atoms with van der Waals surface area (Å²) in [5.41, 5.74) is 6.62. The Morgan fingerprint density at radius 2 is 2.00 bits per heavy atom. The highest BCUT2D eigenvalue weighted by Crippen LogP contribution is 2.21. The molecule has 0 heterocycles. The molecule has 4 nitrogen and oxygen atoms in total. The summed E-state index contributed by atoms with van der Waals surface area (Å²) in [5.74, 6) is 1.20. The summed E-state index contributed by atoms with van der Waals surface area (Å²) in [6, 6.07) is 7.95. The fraction of sp³-hybridized carbons (Fsp3) is 0.533. The summed E-state index contributed by atoms with van der Waals surface area (Å²) in [6.07, 6.45) is 1.33. The second-order valence-electron chi connectivity index (χ2n) is 5.03. The Hall–Kier alpha value is -1.26. The quantitative estimate of drug-likeness (QED) is 0.811. The number of rotatable bonds is 7. The summed E-state index contributed by atoms with van der Waals surface area (Å²) < 4.78 is 5.32. The van der Waals surface area contributed by atoms with Gasteiger partial charge in [-0.3, -0.25) is 4.79 Å². The molecule has 0 aliphatic heterocycles. The van der Waals surface area contributed by atoms with Gasteiger partial charge in [0.15, 0.2) is 0 Å². The first-order chi connectivity index (χ1) is 9.06. The number of carbonyl (C=O) groups is 1. The summed E-state index contributed by atoms with van der Waals surface area (Å²) >= 11 is 0. The third kappa shape index (κ3) is 6.26. The van der Waals surface area contributed by atoms with Crippen LogP contribution in [0.15, 0.2) is 24.3 Å². The molecule has 0 spiro atoms. The first-order valence-electron chi connectivity index (χ1n) is 6.68. The lowest BCUT2D eigenvalue weighted by atomic mass is 9.97. The minimum Gasteiger partial charge on any atom is -0.496 e. The van der Waals surface area contributed by atoms with Gasteiger partial charge in [-0.1, -0.05) is 25.1 Å². The van der Waals surface area contributed by atoms with Crippen molar-refractivity contribution in [1.29, 1.82) is 0 Å². The number of nitrogens with two attached hydrogens (primary N) is 1. The highest BCUT2D eigenvalue weighted by Gasteiger charge is 2.13. The molecule has 0 saturated heterocycles. The molecule has 0 aliphatic carbocycles. The molecule has 5 heteroatoms. The first kappa shape index (κ1) is 18.7. The summed E-state index contributed by atoms with van der Waals surface area (Å²) in [5, 5.41) is 2.88. The van der Waals surface area contributed by atoms with Crippen LogP contribution in [0.5, 0.6) is 5.75 Å². The molecular weight excluding hydrogens is 276 g/mol. The van der Waals surface area contributed by atoms with Crippen LogP contribution < -0.4 is 15.8 Å². The van der Waals surface area contributed by atoms with E-state index >= 15 is 0 Å². The number of para-hydroxylation sites is 1. The molecule has 1 aromatic rings. The van der Waals surface area contributed by atoms with E-state index in [2.05, 4.69) is 12.2 Å². The molecule has 114 valence electrons. The van der Waals surface area contributed by atoms with Gasteiger partial charge in [-0.2, -0.15) is 0 Å². The Balaban J connectivity index is 0.00000361. The van der Waals surface area contributed by atoms with Gasteiger partial charge >= 0.3 is 0 Å². The van der Waals surface area contributed by atoms with E-state index in [0.29, 0.717) is 13.0 Å².